The van der Waals surface area contributed by atoms with Gasteiger partial charge < -0.3 is 10.4 Å². The van der Waals surface area contributed by atoms with Gasteiger partial charge in [0.25, 0.3) is 5.91 Å². The highest BCUT2D eigenvalue weighted by Gasteiger charge is 2.17. The summed E-state index contributed by atoms with van der Waals surface area (Å²) >= 11 is 0. The number of nitrogens with one attached hydrogen (secondary N) is 1. The zero-order valence-corrected chi connectivity index (χ0v) is 12.1. The predicted octanol–water partition coefficient (Wildman–Crippen LogP) is 1.43. The summed E-state index contributed by atoms with van der Waals surface area (Å²) in [6, 6.07) is 1.98. The number of aryl methyl sites for hydroxylation is 1. The Labute approximate surface area is 117 Å². The minimum atomic E-state index is -0.210. The van der Waals surface area contributed by atoms with Crippen molar-refractivity contribution in [2.45, 2.75) is 33.2 Å². The molecule has 2 N–H and O–H groups in total. The molecule has 20 heavy (non-hydrogen) atoms. The largest absolute Gasteiger partial charge is 0.395 e. The molecule has 0 spiro atoms. The van der Waals surface area contributed by atoms with E-state index in [1.165, 1.54) is 0 Å². The van der Waals surface area contributed by atoms with Crippen LogP contribution in [0, 0.1) is 6.92 Å². The summed E-state index contributed by atoms with van der Waals surface area (Å²) in [6.07, 6.45) is 2.63. The summed E-state index contributed by atoms with van der Waals surface area (Å²) in [6.45, 7) is 6.17. The molecule has 1 atom stereocenters. The van der Waals surface area contributed by atoms with Crippen LogP contribution in [0.5, 0.6) is 0 Å². The summed E-state index contributed by atoms with van der Waals surface area (Å²) < 4.78 is 1.85. The van der Waals surface area contributed by atoms with Crippen LogP contribution in [0.15, 0.2) is 12.3 Å². The number of hydrogen-bond donors (Lipinski definition) is 2. The number of aromatic nitrogens is 3. The molecule has 0 fully saturated rings. The molecular weight excluding hydrogens is 256 g/mol. The van der Waals surface area contributed by atoms with Crippen molar-refractivity contribution in [3.63, 3.8) is 0 Å². The molecule has 1 unspecified atom stereocenters. The van der Waals surface area contributed by atoms with E-state index >= 15 is 0 Å². The highest BCUT2D eigenvalue weighted by atomic mass is 16.3. The highest BCUT2D eigenvalue weighted by Crippen LogP contribution is 2.22. The number of amides is 1. The molecule has 2 heterocycles. The van der Waals surface area contributed by atoms with E-state index in [1.54, 1.807) is 12.3 Å². The second kappa shape index (κ2) is 6.00. The molecule has 0 aromatic carbocycles. The van der Waals surface area contributed by atoms with Gasteiger partial charge in [-0.15, -0.1) is 0 Å². The third-order valence-electron chi connectivity index (χ3n) is 3.35. The quantitative estimate of drug-likeness (QED) is 0.866. The van der Waals surface area contributed by atoms with Crippen molar-refractivity contribution in [3.05, 3.63) is 23.5 Å². The lowest BCUT2D eigenvalue weighted by atomic mass is 10.1. The monoisotopic (exact) mass is 276 g/mol. The Balaban J connectivity index is 2.51. The maximum absolute atomic E-state index is 12.1. The Morgan fingerprint density at radius 3 is 2.95 bits per heavy atom. The van der Waals surface area contributed by atoms with Crippen LogP contribution in [-0.4, -0.2) is 38.9 Å². The Morgan fingerprint density at radius 2 is 2.30 bits per heavy atom. The Morgan fingerprint density at radius 1 is 1.55 bits per heavy atom. The number of carbonyl (C=O) groups excluding carboxylic acids is 1. The van der Waals surface area contributed by atoms with Gasteiger partial charge in [-0.1, -0.05) is 6.92 Å². The molecule has 0 aliphatic rings. The van der Waals surface area contributed by atoms with E-state index in [0.717, 1.165) is 23.1 Å². The lowest BCUT2D eigenvalue weighted by Gasteiger charge is -2.11. The fraction of sp³-hybridized carbons (Fsp3) is 0.500. The molecule has 0 aliphatic heterocycles. The van der Waals surface area contributed by atoms with E-state index in [9.17, 15) is 4.79 Å². The number of aliphatic hydroxyl groups excluding tert-OH is 1. The second-order valence-electron chi connectivity index (χ2n) is 4.87. The SMILES string of the molecule is CCC(C)n1ncc2c(C(=O)NCCO)cc(C)nc21. The molecule has 2 aromatic heterocycles. The second-order valence-corrected chi connectivity index (χ2v) is 4.87. The minimum absolute atomic E-state index is 0.0783. The third-order valence-corrected chi connectivity index (χ3v) is 3.35. The number of carbonyl (C=O) groups is 1. The van der Waals surface area contributed by atoms with Gasteiger partial charge in [-0.25, -0.2) is 9.67 Å². The maximum atomic E-state index is 12.1. The van der Waals surface area contributed by atoms with Crippen molar-refractivity contribution in [2.24, 2.45) is 0 Å². The average Bonchev–Trinajstić information content (AvgIpc) is 2.86. The van der Waals surface area contributed by atoms with Gasteiger partial charge >= 0.3 is 0 Å². The highest BCUT2D eigenvalue weighted by molar-refractivity contribution is 6.05. The van der Waals surface area contributed by atoms with Crippen LogP contribution in [0.3, 0.4) is 0 Å². The van der Waals surface area contributed by atoms with E-state index in [1.807, 2.05) is 11.6 Å². The van der Waals surface area contributed by atoms with E-state index in [0.29, 0.717) is 5.56 Å². The van der Waals surface area contributed by atoms with Crippen molar-refractivity contribution in [1.29, 1.82) is 0 Å². The summed E-state index contributed by atoms with van der Waals surface area (Å²) in [7, 11) is 0. The predicted molar refractivity (Wildman–Crippen MR) is 76.7 cm³/mol. The molecular formula is C14H20N4O2. The molecule has 1 amide bonds. The van der Waals surface area contributed by atoms with E-state index in [-0.39, 0.29) is 25.1 Å². The number of rotatable bonds is 5. The van der Waals surface area contributed by atoms with Crippen LogP contribution in [0.1, 0.15) is 42.4 Å². The Bertz CT molecular complexity index is 621. The molecule has 108 valence electrons. The molecule has 0 saturated heterocycles. The van der Waals surface area contributed by atoms with Crippen LogP contribution in [-0.2, 0) is 0 Å². The lowest BCUT2D eigenvalue weighted by molar-refractivity contribution is 0.0946. The topological polar surface area (TPSA) is 80.0 Å². The Kier molecular flexibility index (Phi) is 4.34. The fourth-order valence-corrected chi connectivity index (χ4v) is 2.09. The van der Waals surface area contributed by atoms with Gasteiger partial charge in [0.05, 0.1) is 29.8 Å². The first-order valence-electron chi connectivity index (χ1n) is 6.82. The van der Waals surface area contributed by atoms with Crippen molar-refractivity contribution < 1.29 is 9.90 Å². The van der Waals surface area contributed by atoms with Gasteiger partial charge in [-0.3, -0.25) is 4.79 Å². The smallest absolute Gasteiger partial charge is 0.252 e. The number of nitrogens with zero attached hydrogens (tertiary/aromatic N) is 3. The van der Waals surface area contributed by atoms with E-state index in [2.05, 4.69) is 29.2 Å². The van der Waals surface area contributed by atoms with Crippen molar-refractivity contribution in [1.82, 2.24) is 20.1 Å². The van der Waals surface area contributed by atoms with Gasteiger partial charge in [0, 0.05) is 12.2 Å². The lowest BCUT2D eigenvalue weighted by Crippen LogP contribution is -2.26. The molecule has 0 bridgehead atoms. The average molecular weight is 276 g/mol. The maximum Gasteiger partial charge on any atom is 0.252 e. The number of pyridine rings is 1. The van der Waals surface area contributed by atoms with Gasteiger partial charge in [0.15, 0.2) is 5.65 Å². The molecule has 6 nitrogen and oxygen atoms in total. The summed E-state index contributed by atoms with van der Waals surface area (Å²) in [5.41, 5.74) is 2.06. The van der Waals surface area contributed by atoms with Crippen molar-refractivity contribution >= 4 is 16.9 Å². The van der Waals surface area contributed by atoms with Crippen molar-refractivity contribution in [3.8, 4) is 0 Å². The third kappa shape index (κ3) is 2.65. The van der Waals surface area contributed by atoms with Crippen LogP contribution < -0.4 is 5.32 Å². The molecule has 0 aliphatic carbocycles. The van der Waals surface area contributed by atoms with Gasteiger partial charge in [-0.2, -0.15) is 5.10 Å². The van der Waals surface area contributed by atoms with Crippen LogP contribution >= 0.6 is 0 Å². The first-order valence-corrected chi connectivity index (χ1v) is 6.82. The fourth-order valence-electron chi connectivity index (χ4n) is 2.09. The summed E-state index contributed by atoms with van der Waals surface area (Å²) in [4.78, 5) is 16.6. The molecule has 0 saturated carbocycles. The zero-order chi connectivity index (χ0) is 14.7. The van der Waals surface area contributed by atoms with Gasteiger partial charge in [0.2, 0.25) is 0 Å². The van der Waals surface area contributed by atoms with Crippen LogP contribution in [0.2, 0.25) is 0 Å². The van der Waals surface area contributed by atoms with Gasteiger partial charge in [-0.05, 0) is 26.3 Å². The van der Waals surface area contributed by atoms with Crippen LogP contribution in [0.4, 0.5) is 0 Å². The molecule has 0 radical (unpaired) electrons. The van der Waals surface area contributed by atoms with Gasteiger partial charge in [0.1, 0.15) is 0 Å². The summed E-state index contributed by atoms with van der Waals surface area (Å²) in [5, 5.41) is 16.6. The standard InChI is InChI=1S/C14H20N4O2/c1-4-10(3)18-13-12(8-16-18)11(7-9(2)17-13)14(20)15-5-6-19/h7-8,10,19H,4-6H2,1-3H3,(H,15,20). The van der Waals surface area contributed by atoms with E-state index in [4.69, 9.17) is 5.11 Å². The van der Waals surface area contributed by atoms with E-state index < -0.39 is 0 Å². The normalized spacial score (nSPS) is 12.6. The molecule has 2 aromatic rings. The summed E-state index contributed by atoms with van der Waals surface area (Å²) in [5.74, 6) is -0.210. The minimum Gasteiger partial charge on any atom is -0.395 e. The first-order chi connectivity index (χ1) is 9.58. The first kappa shape index (κ1) is 14.5. The number of hydrogen-bond acceptors (Lipinski definition) is 4. The van der Waals surface area contributed by atoms with Crippen molar-refractivity contribution in [2.75, 3.05) is 13.2 Å². The molecule has 6 heteroatoms. The van der Waals surface area contributed by atoms with Crippen LogP contribution in [0.25, 0.3) is 11.0 Å². The Hall–Kier alpha value is -1.95. The molecule has 2 rings (SSSR count). The number of fused-ring (bicyclic) bond motifs is 1. The zero-order valence-electron chi connectivity index (χ0n) is 12.1. The number of aliphatic hydroxyl groups is 1.